The van der Waals surface area contributed by atoms with E-state index in [1.165, 1.54) is 0 Å². The molecule has 0 saturated carbocycles. The van der Waals surface area contributed by atoms with Crippen LogP contribution in [0.2, 0.25) is 0 Å². The highest BCUT2D eigenvalue weighted by atomic mass is 35.5. The van der Waals surface area contributed by atoms with Crippen molar-refractivity contribution < 1.29 is 4.79 Å². The fourth-order valence-corrected chi connectivity index (χ4v) is 2.31. The summed E-state index contributed by atoms with van der Waals surface area (Å²) in [6.45, 7) is 6.56. The van der Waals surface area contributed by atoms with Crippen molar-refractivity contribution in [2.45, 2.75) is 26.8 Å². The van der Waals surface area contributed by atoms with E-state index in [9.17, 15) is 4.79 Å². The van der Waals surface area contributed by atoms with E-state index in [0.717, 1.165) is 30.9 Å². The molecule has 1 aromatic heterocycles. The van der Waals surface area contributed by atoms with Gasteiger partial charge in [-0.15, -0.1) is 24.8 Å². The number of hydrogen-bond acceptors (Lipinski definition) is 3. The van der Waals surface area contributed by atoms with Crippen LogP contribution in [0, 0.1) is 19.8 Å². The molecular weight excluding hydrogens is 287 g/mol. The molecule has 5 nitrogen and oxygen atoms in total. The first-order chi connectivity index (χ1) is 8.10. The van der Waals surface area contributed by atoms with E-state index in [-0.39, 0.29) is 30.7 Å². The lowest BCUT2D eigenvalue weighted by atomic mass is 10.1. The van der Waals surface area contributed by atoms with Crippen molar-refractivity contribution >= 4 is 30.7 Å². The summed E-state index contributed by atoms with van der Waals surface area (Å²) in [4.78, 5) is 14.0. The van der Waals surface area contributed by atoms with Gasteiger partial charge in [-0.3, -0.25) is 9.48 Å². The van der Waals surface area contributed by atoms with Crippen LogP contribution in [-0.4, -0.2) is 40.2 Å². The van der Waals surface area contributed by atoms with E-state index in [0.29, 0.717) is 19.0 Å². The standard InChI is InChI=1S/C12H20N4O.2ClH/c1-9-5-10(2)16(14-9)8-12(17)15-4-3-11(6-13)7-15;;/h5,11H,3-4,6-8,13H2,1-2H3;2*1H. The van der Waals surface area contributed by atoms with Crippen molar-refractivity contribution in [1.29, 1.82) is 0 Å². The normalized spacial score (nSPS) is 17.8. The highest BCUT2D eigenvalue weighted by Crippen LogP contribution is 2.15. The van der Waals surface area contributed by atoms with Crippen molar-refractivity contribution in [1.82, 2.24) is 14.7 Å². The molecule has 7 heteroatoms. The molecule has 1 aliphatic heterocycles. The lowest BCUT2D eigenvalue weighted by Gasteiger charge is -2.16. The Hall–Kier alpha value is -0.780. The Balaban J connectivity index is 0.00000162. The number of carbonyl (C=O) groups is 1. The molecule has 0 spiro atoms. The molecule has 1 aliphatic rings. The summed E-state index contributed by atoms with van der Waals surface area (Å²) in [7, 11) is 0. The molecule has 1 atom stereocenters. The van der Waals surface area contributed by atoms with Crippen molar-refractivity contribution in [2.75, 3.05) is 19.6 Å². The minimum absolute atomic E-state index is 0. The van der Waals surface area contributed by atoms with Gasteiger partial charge in [0.1, 0.15) is 6.54 Å². The third-order valence-electron chi connectivity index (χ3n) is 3.36. The van der Waals surface area contributed by atoms with Crippen molar-refractivity contribution in [2.24, 2.45) is 11.7 Å². The maximum Gasteiger partial charge on any atom is 0.244 e. The number of aromatic nitrogens is 2. The number of nitrogens with two attached hydrogens (primary N) is 1. The van der Waals surface area contributed by atoms with Gasteiger partial charge < -0.3 is 10.6 Å². The number of nitrogens with zero attached hydrogens (tertiary/aromatic N) is 3. The number of amides is 1. The maximum absolute atomic E-state index is 12.1. The predicted octanol–water partition coefficient (Wildman–Crippen LogP) is 1.15. The summed E-state index contributed by atoms with van der Waals surface area (Å²) < 4.78 is 1.77. The Morgan fingerprint density at radius 3 is 2.63 bits per heavy atom. The molecule has 0 aliphatic carbocycles. The van der Waals surface area contributed by atoms with Crippen LogP contribution in [0.1, 0.15) is 17.8 Å². The molecule has 2 heterocycles. The Bertz CT molecular complexity index is 422. The molecule has 0 bridgehead atoms. The second-order valence-corrected chi connectivity index (χ2v) is 4.81. The number of hydrogen-bond donors (Lipinski definition) is 1. The van der Waals surface area contributed by atoms with Crippen molar-refractivity contribution in [3.8, 4) is 0 Å². The Kier molecular flexibility index (Phi) is 7.41. The van der Waals surface area contributed by atoms with Gasteiger partial charge in [-0.2, -0.15) is 5.10 Å². The minimum atomic E-state index is 0. The van der Waals surface area contributed by atoms with Gasteiger partial charge in [-0.25, -0.2) is 0 Å². The fourth-order valence-electron chi connectivity index (χ4n) is 2.31. The van der Waals surface area contributed by atoms with Gasteiger partial charge >= 0.3 is 0 Å². The molecular formula is C12H22Cl2N4O. The molecule has 1 amide bonds. The maximum atomic E-state index is 12.1. The van der Waals surface area contributed by atoms with Crippen LogP contribution >= 0.6 is 24.8 Å². The van der Waals surface area contributed by atoms with E-state index in [4.69, 9.17) is 5.73 Å². The van der Waals surface area contributed by atoms with Gasteiger partial charge in [0.2, 0.25) is 5.91 Å². The van der Waals surface area contributed by atoms with Gasteiger partial charge in [0.15, 0.2) is 0 Å². The van der Waals surface area contributed by atoms with Crippen LogP contribution in [0.4, 0.5) is 0 Å². The first kappa shape index (κ1) is 18.2. The number of halogens is 2. The Labute approximate surface area is 126 Å². The molecule has 2 N–H and O–H groups in total. The third-order valence-corrected chi connectivity index (χ3v) is 3.36. The quantitative estimate of drug-likeness (QED) is 0.911. The van der Waals surface area contributed by atoms with Gasteiger partial charge in [-0.1, -0.05) is 0 Å². The predicted molar refractivity (Wildman–Crippen MR) is 79.9 cm³/mol. The zero-order valence-electron chi connectivity index (χ0n) is 11.3. The van der Waals surface area contributed by atoms with E-state index < -0.39 is 0 Å². The zero-order chi connectivity index (χ0) is 12.4. The molecule has 110 valence electrons. The van der Waals surface area contributed by atoms with Crippen LogP contribution < -0.4 is 5.73 Å². The van der Waals surface area contributed by atoms with Gasteiger partial charge in [0.05, 0.1) is 5.69 Å². The molecule has 1 aromatic rings. The fraction of sp³-hybridized carbons (Fsp3) is 0.667. The first-order valence-electron chi connectivity index (χ1n) is 6.09. The van der Waals surface area contributed by atoms with Crippen LogP contribution in [0.5, 0.6) is 0 Å². The largest absolute Gasteiger partial charge is 0.341 e. The summed E-state index contributed by atoms with van der Waals surface area (Å²) in [6, 6.07) is 1.99. The summed E-state index contributed by atoms with van der Waals surface area (Å²) in [6.07, 6.45) is 1.03. The Morgan fingerprint density at radius 2 is 2.16 bits per heavy atom. The molecule has 1 saturated heterocycles. The molecule has 19 heavy (non-hydrogen) atoms. The van der Waals surface area contributed by atoms with Gasteiger partial charge in [-0.05, 0) is 38.8 Å². The number of carbonyl (C=O) groups excluding carboxylic acids is 1. The van der Waals surface area contributed by atoms with E-state index >= 15 is 0 Å². The monoisotopic (exact) mass is 308 g/mol. The first-order valence-corrected chi connectivity index (χ1v) is 6.09. The average Bonchev–Trinajstić information content (AvgIpc) is 2.86. The summed E-state index contributed by atoms with van der Waals surface area (Å²) >= 11 is 0. The third kappa shape index (κ3) is 4.37. The number of likely N-dealkylation sites (tertiary alicyclic amines) is 1. The van der Waals surface area contributed by atoms with Crippen LogP contribution in [-0.2, 0) is 11.3 Å². The zero-order valence-corrected chi connectivity index (χ0v) is 13.0. The van der Waals surface area contributed by atoms with E-state index in [1.54, 1.807) is 4.68 Å². The molecule has 2 rings (SSSR count). The summed E-state index contributed by atoms with van der Waals surface area (Å²) in [5, 5.41) is 4.31. The summed E-state index contributed by atoms with van der Waals surface area (Å²) in [5.41, 5.74) is 7.61. The second-order valence-electron chi connectivity index (χ2n) is 4.81. The minimum Gasteiger partial charge on any atom is -0.341 e. The molecule has 0 aromatic carbocycles. The van der Waals surface area contributed by atoms with Gasteiger partial charge in [0, 0.05) is 18.8 Å². The van der Waals surface area contributed by atoms with E-state index in [2.05, 4.69) is 5.10 Å². The van der Waals surface area contributed by atoms with Crippen LogP contribution in [0.3, 0.4) is 0 Å². The van der Waals surface area contributed by atoms with Crippen molar-refractivity contribution in [3.05, 3.63) is 17.5 Å². The number of rotatable bonds is 3. The molecule has 0 radical (unpaired) electrons. The smallest absolute Gasteiger partial charge is 0.244 e. The van der Waals surface area contributed by atoms with Crippen LogP contribution in [0.15, 0.2) is 6.07 Å². The van der Waals surface area contributed by atoms with Gasteiger partial charge in [0.25, 0.3) is 0 Å². The molecule has 1 unspecified atom stereocenters. The van der Waals surface area contributed by atoms with E-state index in [1.807, 2.05) is 24.8 Å². The lowest BCUT2D eigenvalue weighted by Crippen LogP contribution is -2.33. The molecule has 1 fully saturated rings. The highest BCUT2D eigenvalue weighted by molar-refractivity contribution is 5.85. The summed E-state index contributed by atoms with van der Waals surface area (Å²) in [5.74, 6) is 0.617. The SMILES string of the molecule is Cc1cc(C)n(CC(=O)N2CCC(CN)C2)n1.Cl.Cl. The van der Waals surface area contributed by atoms with Crippen LogP contribution in [0.25, 0.3) is 0 Å². The second kappa shape index (κ2) is 7.72. The highest BCUT2D eigenvalue weighted by Gasteiger charge is 2.25. The average molecular weight is 309 g/mol. The lowest BCUT2D eigenvalue weighted by molar-refractivity contribution is -0.131. The number of aryl methyl sites for hydroxylation is 2. The Morgan fingerprint density at radius 1 is 1.47 bits per heavy atom. The topological polar surface area (TPSA) is 64.2 Å². The van der Waals surface area contributed by atoms with Crippen molar-refractivity contribution in [3.63, 3.8) is 0 Å².